The monoisotopic (exact) mass is 705 g/mol. The largest absolute Gasteiger partial charge is 0.435 e. The number of sulfone groups is 1. The number of fused-ring (bicyclic) bond motifs is 3. The zero-order valence-corrected chi connectivity index (χ0v) is 25.6. The van der Waals surface area contributed by atoms with Gasteiger partial charge in [-0.1, -0.05) is 41.4 Å². The van der Waals surface area contributed by atoms with Crippen LogP contribution in [0.1, 0.15) is 55.2 Å². The SMILES string of the molecule is O=C(C1CCC(C(O)O)CC1)N1CCC2(S(=O)(=O)c3ccc(Cl)c(Cl)c3)c3ccc(C(F)(C(F)(F)F)C(F)(F)F)cc3CCC12. The van der Waals surface area contributed by atoms with Gasteiger partial charge in [0.15, 0.2) is 16.1 Å². The van der Waals surface area contributed by atoms with Gasteiger partial charge in [-0.3, -0.25) is 4.79 Å². The van der Waals surface area contributed by atoms with Crippen LogP contribution in [0.3, 0.4) is 0 Å². The second kappa shape index (κ2) is 11.5. The lowest BCUT2D eigenvalue weighted by molar-refractivity contribution is -0.348. The average molecular weight is 707 g/mol. The molecule has 1 saturated heterocycles. The first kappa shape index (κ1) is 34.2. The molecule has 1 saturated carbocycles. The fourth-order valence-corrected chi connectivity index (χ4v) is 10.0. The van der Waals surface area contributed by atoms with E-state index >= 15 is 4.39 Å². The Labute approximate surface area is 264 Å². The molecule has 2 atom stereocenters. The lowest BCUT2D eigenvalue weighted by atomic mass is 9.76. The molecular formula is C29H28Cl2F7NO5S. The van der Waals surface area contributed by atoms with E-state index in [0.717, 1.165) is 12.1 Å². The maximum absolute atomic E-state index is 15.0. The Morgan fingerprint density at radius 1 is 0.889 bits per heavy atom. The van der Waals surface area contributed by atoms with Gasteiger partial charge in [0.2, 0.25) is 5.91 Å². The van der Waals surface area contributed by atoms with Gasteiger partial charge in [0.1, 0.15) is 4.75 Å². The van der Waals surface area contributed by atoms with E-state index in [1.807, 2.05) is 0 Å². The van der Waals surface area contributed by atoms with Crippen molar-refractivity contribution in [3.63, 3.8) is 0 Å². The van der Waals surface area contributed by atoms with Crippen LogP contribution in [0.4, 0.5) is 30.7 Å². The summed E-state index contributed by atoms with van der Waals surface area (Å²) in [6.45, 7) is -0.0913. The predicted molar refractivity (Wildman–Crippen MR) is 149 cm³/mol. The number of carbonyl (C=O) groups excluding carboxylic acids is 1. The van der Waals surface area contributed by atoms with Gasteiger partial charge < -0.3 is 15.1 Å². The molecule has 2 aromatic rings. The van der Waals surface area contributed by atoms with Crippen molar-refractivity contribution in [3.8, 4) is 0 Å². The maximum Gasteiger partial charge on any atom is 0.435 e. The number of amides is 1. The van der Waals surface area contributed by atoms with Crippen LogP contribution in [-0.4, -0.2) is 60.7 Å². The number of aliphatic hydroxyl groups excluding tert-OH is 1. The molecule has 0 radical (unpaired) electrons. The summed E-state index contributed by atoms with van der Waals surface area (Å²) < 4.78 is 124. The third-order valence-corrected chi connectivity index (χ3v) is 12.8. The lowest BCUT2D eigenvalue weighted by Crippen LogP contribution is -2.54. The molecule has 0 bridgehead atoms. The molecule has 0 spiro atoms. The Bertz CT molecular complexity index is 1580. The molecule has 2 unspecified atom stereocenters. The van der Waals surface area contributed by atoms with Crippen molar-refractivity contribution in [1.82, 2.24) is 4.90 Å². The van der Waals surface area contributed by atoms with Crippen molar-refractivity contribution in [3.05, 3.63) is 63.1 Å². The first-order valence-electron chi connectivity index (χ1n) is 14.1. The fraction of sp³-hybridized carbons (Fsp3) is 0.552. The van der Waals surface area contributed by atoms with Gasteiger partial charge in [0.05, 0.1) is 21.0 Å². The summed E-state index contributed by atoms with van der Waals surface area (Å²) in [6.07, 6.45) is -13.6. The summed E-state index contributed by atoms with van der Waals surface area (Å²) >= 11 is 12.1. The van der Waals surface area contributed by atoms with Gasteiger partial charge in [-0.25, -0.2) is 12.8 Å². The maximum atomic E-state index is 15.0. The van der Waals surface area contributed by atoms with Crippen LogP contribution in [0.15, 0.2) is 41.3 Å². The Morgan fingerprint density at radius 3 is 2.07 bits per heavy atom. The first-order chi connectivity index (χ1) is 20.8. The normalized spacial score (nSPS) is 26.1. The van der Waals surface area contributed by atoms with Crippen LogP contribution in [0, 0.1) is 11.8 Å². The van der Waals surface area contributed by atoms with E-state index in [0.29, 0.717) is 37.8 Å². The van der Waals surface area contributed by atoms with E-state index < -0.39 is 62.3 Å². The van der Waals surface area contributed by atoms with Crippen molar-refractivity contribution in [2.24, 2.45) is 11.8 Å². The number of aryl methyl sites for hydroxylation is 1. The van der Waals surface area contributed by atoms with Crippen LogP contribution in [0.2, 0.25) is 10.0 Å². The van der Waals surface area contributed by atoms with E-state index in [4.69, 9.17) is 23.2 Å². The van der Waals surface area contributed by atoms with Gasteiger partial charge >= 0.3 is 18.0 Å². The summed E-state index contributed by atoms with van der Waals surface area (Å²) in [5, 5.41) is 18.9. The van der Waals surface area contributed by atoms with Gasteiger partial charge in [0, 0.05) is 23.9 Å². The van der Waals surface area contributed by atoms with E-state index in [2.05, 4.69) is 0 Å². The van der Waals surface area contributed by atoms with Gasteiger partial charge in [-0.15, -0.1) is 0 Å². The number of aliphatic hydroxyl groups is 2. The molecule has 16 heteroatoms. The summed E-state index contributed by atoms with van der Waals surface area (Å²) in [6, 6.07) is 3.93. The molecule has 1 heterocycles. The number of hydrogen-bond donors (Lipinski definition) is 2. The van der Waals surface area contributed by atoms with Gasteiger partial charge in [0.25, 0.3) is 0 Å². The molecule has 2 aromatic carbocycles. The smallest absolute Gasteiger partial charge is 0.368 e. The lowest BCUT2D eigenvalue weighted by Gasteiger charge is -2.44. The number of nitrogens with zero attached hydrogens (tertiary/aromatic N) is 1. The molecule has 0 aromatic heterocycles. The molecule has 3 aliphatic rings. The molecule has 5 rings (SSSR count). The van der Waals surface area contributed by atoms with E-state index in [1.54, 1.807) is 0 Å². The zero-order valence-electron chi connectivity index (χ0n) is 23.3. The molecule has 248 valence electrons. The van der Waals surface area contributed by atoms with E-state index in [-0.39, 0.29) is 57.8 Å². The highest BCUT2D eigenvalue weighted by Gasteiger charge is 2.74. The highest BCUT2D eigenvalue weighted by molar-refractivity contribution is 7.92. The average Bonchev–Trinajstić information content (AvgIpc) is 3.38. The molecule has 45 heavy (non-hydrogen) atoms. The minimum Gasteiger partial charge on any atom is -0.368 e. The standard InChI is InChI=1S/C29H28Cl2F7NO5S/c30-21-9-7-19(14-22(21)31)45(43,44)26-11-12-39(24(40)15-1-3-16(4-2-15)25(41)42)23(26)10-5-17-13-18(6-8-20(17)26)27(32,28(33,34)35)29(36,37)38/h6-9,13-16,23,25,41-42H,1-5,10-12H2. The van der Waals surface area contributed by atoms with Crippen molar-refractivity contribution in [2.75, 3.05) is 6.54 Å². The third kappa shape index (κ3) is 5.32. The fourth-order valence-electron chi connectivity index (χ4n) is 7.25. The van der Waals surface area contributed by atoms with Crippen LogP contribution in [0.25, 0.3) is 0 Å². The van der Waals surface area contributed by atoms with E-state index in [1.165, 1.54) is 17.0 Å². The molecule has 1 amide bonds. The van der Waals surface area contributed by atoms with Gasteiger partial charge in [-0.05, 0) is 74.3 Å². The summed E-state index contributed by atoms with van der Waals surface area (Å²) in [5.74, 6) is -1.36. The summed E-state index contributed by atoms with van der Waals surface area (Å²) in [7, 11) is -4.58. The first-order valence-corrected chi connectivity index (χ1v) is 16.3. The number of alkyl halides is 7. The topological polar surface area (TPSA) is 94.9 Å². The van der Waals surface area contributed by atoms with Crippen LogP contribution >= 0.6 is 23.2 Å². The molecular weight excluding hydrogens is 678 g/mol. The Hall–Kier alpha value is -2.13. The van der Waals surface area contributed by atoms with Gasteiger partial charge in [-0.2, -0.15) is 26.3 Å². The van der Waals surface area contributed by atoms with Crippen LogP contribution in [-0.2, 0) is 31.5 Å². The Morgan fingerprint density at radius 2 is 1.51 bits per heavy atom. The second-order valence-electron chi connectivity index (χ2n) is 11.9. The predicted octanol–water partition coefficient (Wildman–Crippen LogP) is 6.62. The number of halogens is 9. The molecule has 2 aliphatic carbocycles. The number of carbonyl (C=O) groups is 1. The minimum atomic E-state index is -6.36. The zero-order chi connectivity index (χ0) is 33.3. The second-order valence-corrected chi connectivity index (χ2v) is 14.9. The van der Waals surface area contributed by atoms with Crippen LogP contribution < -0.4 is 0 Å². The van der Waals surface area contributed by atoms with Crippen molar-refractivity contribution in [1.29, 1.82) is 0 Å². The molecule has 1 aliphatic heterocycles. The molecule has 6 nitrogen and oxygen atoms in total. The molecule has 2 fully saturated rings. The summed E-state index contributed by atoms with van der Waals surface area (Å²) in [5.41, 5.74) is -7.77. The highest BCUT2D eigenvalue weighted by Crippen LogP contribution is 2.57. The van der Waals surface area contributed by atoms with Crippen molar-refractivity contribution >= 4 is 38.9 Å². The number of hydrogen-bond acceptors (Lipinski definition) is 5. The Kier molecular flexibility index (Phi) is 8.77. The summed E-state index contributed by atoms with van der Waals surface area (Å²) in [4.78, 5) is 14.9. The Balaban J connectivity index is 1.63. The highest BCUT2D eigenvalue weighted by atomic mass is 35.5. The quantitative estimate of drug-likeness (QED) is 0.270. The number of rotatable bonds is 5. The van der Waals surface area contributed by atoms with Crippen molar-refractivity contribution in [2.45, 2.75) is 84.9 Å². The van der Waals surface area contributed by atoms with Crippen molar-refractivity contribution < 1.29 is 54.2 Å². The number of likely N-dealkylation sites (tertiary alicyclic amines) is 1. The minimum absolute atomic E-state index is 0.0313. The van der Waals surface area contributed by atoms with Crippen LogP contribution in [0.5, 0.6) is 0 Å². The third-order valence-electron chi connectivity index (χ3n) is 9.57. The molecule has 2 N–H and O–H groups in total. The van der Waals surface area contributed by atoms with E-state index in [9.17, 15) is 49.8 Å². The number of benzene rings is 2.